The highest BCUT2D eigenvalue weighted by Gasteiger charge is 2.19. The molecule has 0 saturated carbocycles. The van der Waals surface area contributed by atoms with Gasteiger partial charge in [0.25, 0.3) is 0 Å². The van der Waals surface area contributed by atoms with Gasteiger partial charge in [0.2, 0.25) is 0 Å². The van der Waals surface area contributed by atoms with Crippen LogP contribution in [0.25, 0.3) is 0 Å². The minimum Gasteiger partial charge on any atom is -0.383 e. The molecule has 0 saturated heterocycles. The van der Waals surface area contributed by atoms with Crippen LogP contribution in [0.5, 0.6) is 0 Å². The zero-order valence-electron chi connectivity index (χ0n) is 11.6. The van der Waals surface area contributed by atoms with Crippen LogP contribution in [0, 0.1) is 6.92 Å². The molecule has 0 fully saturated rings. The zero-order chi connectivity index (χ0) is 14.7. The molecule has 2 atom stereocenters. The molecule has 0 spiro atoms. The molecule has 1 heterocycles. The molecular weight excluding hydrogens is 270 g/mol. The number of thioether (sulfide) groups is 1. The zero-order valence-corrected chi connectivity index (χ0v) is 12.4. The van der Waals surface area contributed by atoms with Crippen molar-refractivity contribution < 1.29 is 0 Å². The van der Waals surface area contributed by atoms with Gasteiger partial charge < -0.3 is 17.2 Å². The van der Waals surface area contributed by atoms with Gasteiger partial charge in [-0.25, -0.2) is 9.97 Å². The van der Waals surface area contributed by atoms with Crippen LogP contribution in [-0.4, -0.2) is 16.0 Å². The monoisotopic (exact) mass is 289 g/mol. The molecule has 0 aliphatic rings. The Bertz CT molecular complexity index is 562. The molecule has 6 N–H and O–H groups in total. The van der Waals surface area contributed by atoms with Crippen LogP contribution in [0.2, 0.25) is 0 Å². The molecular formula is C14H19N5S. The van der Waals surface area contributed by atoms with E-state index in [2.05, 4.69) is 41.2 Å². The van der Waals surface area contributed by atoms with Crippen molar-refractivity contribution in [2.75, 3.05) is 11.5 Å². The molecule has 1 aromatic carbocycles. The molecule has 0 bridgehead atoms. The maximum atomic E-state index is 6.09. The summed E-state index contributed by atoms with van der Waals surface area (Å²) in [6.45, 7) is 4.02. The SMILES string of the molecule is Cc1ccc(C(Sc2nc(N)cc(N)n2)C(C)N)cc1. The summed E-state index contributed by atoms with van der Waals surface area (Å²) in [4.78, 5) is 8.39. The Morgan fingerprint density at radius 1 is 1.05 bits per heavy atom. The summed E-state index contributed by atoms with van der Waals surface area (Å²) in [5, 5.41) is 0.599. The molecule has 1 aromatic heterocycles. The van der Waals surface area contributed by atoms with E-state index in [1.165, 1.54) is 23.4 Å². The average molecular weight is 289 g/mol. The number of rotatable bonds is 4. The summed E-state index contributed by atoms with van der Waals surface area (Å²) in [5.74, 6) is 0.736. The lowest BCUT2D eigenvalue weighted by molar-refractivity contribution is 0.718. The second-order valence-electron chi connectivity index (χ2n) is 4.81. The Balaban J connectivity index is 2.27. The van der Waals surface area contributed by atoms with Crippen LogP contribution in [0.15, 0.2) is 35.5 Å². The van der Waals surface area contributed by atoms with E-state index < -0.39 is 0 Å². The highest BCUT2D eigenvalue weighted by atomic mass is 32.2. The van der Waals surface area contributed by atoms with E-state index in [0.717, 1.165) is 5.56 Å². The van der Waals surface area contributed by atoms with Gasteiger partial charge in [0.1, 0.15) is 11.6 Å². The van der Waals surface area contributed by atoms with Crippen LogP contribution < -0.4 is 17.2 Å². The lowest BCUT2D eigenvalue weighted by Gasteiger charge is -2.20. The van der Waals surface area contributed by atoms with Crippen molar-refractivity contribution in [2.45, 2.75) is 30.3 Å². The van der Waals surface area contributed by atoms with Gasteiger partial charge >= 0.3 is 0 Å². The minimum absolute atomic E-state index is 0.0473. The van der Waals surface area contributed by atoms with Crippen molar-refractivity contribution in [1.29, 1.82) is 0 Å². The van der Waals surface area contributed by atoms with Gasteiger partial charge in [-0.3, -0.25) is 0 Å². The molecule has 20 heavy (non-hydrogen) atoms. The number of aryl methyl sites for hydroxylation is 1. The van der Waals surface area contributed by atoms with Gasteiger partial charge in [0, 0.05) is 12.1 Å². The number of anilines is 2. The van der Waals surface area contributed by atoms with Crippen LogP contribution in [0.3, 0.4) is 0 Å². The van der Waals surface area contributed by atoms with Crippen molar-refractivity contribution in [2.24, 2.45) is 5.73 Å². The molecule has 0 aliphatic heterocycles. The van der Waals surface area contributed by atoms with E-state index in [-0.39, 0.29) is 11.3 Å². The summed E-state index contributed by atoms with van der Waals surface area (Å²) < 4.78 is 0. The lowest BCUT2D eigenvalue weighted by atomic mass is 10.1. The maximum absolute atomic E-state index is 6.09. The highest BCUT2D eigenvalue weighted by Crippen LogP contribution is 2.36. The third kappa shape index (κ3) is 3.61. The van der Waals surface area contributed by atoms with E-state index in [1.54, 1.807) is 0 Å². The van der Waals surface area contributed by atoms with Crippen molar-refractivity contribution in [3.8, 4) is 0 Å². The van der Waals surface area contributed by atoms with Crippen LogP contribution in [-0.2, 0) is 0 Å². The first-order valence-corrected chi connectivity index (χ1v) is 7.22. The number of hydrogen-bond acceptors (Lipinski definition) is 6. The lowest BCUT2D eigenvalue weighted by Crippen LogP contribution is -2.23. The van der Waals surface area contributed by atoms with E-state index in [0.29, 0.717) is 16.8 Å². The molecule has 5 nitrogen and oxygen atoms in total. The predicted octanol–water partition coefficient (Wildman–Crippen LogP) is 2.13. The first-order valence-electron chi connectivity index (χ1n) is 6.34. The van der Waals surface area contributed by atoms with E-state index in [1.807, 2.05) is 6.92 Å². The van der Waals surface area contributed by atoms with Gasteiger partial charge in [-0.05, 0) is 19.4 Å². The maximum Gasteiger partial charge on any atom is 0.192 e. The average Bonchev–Trinajstić information content (AvgIpc) is 2.36. The second-order valence-corrected chi connectivity index (χ2v) is 5.92. The van der Waals surface area contributed by atoms with E-state index in [9.17, 15) is 0 Å². The summed E-state index contributed by atoms with van der Waals surface area (Å²) in [7, 11) is 0. The third-order valence-electron chi connectivity index (χ3n) is 2.86. The molecule has 0 aliphatic carbocycles. The van der Waals surface area contributed by atoms with Gasteiger partial charge in [0.15, 0.2) is 5.16 Å². The normalized spacial score (nSPS) is 13.9. The number of hydrogen-bond donors (Lipinski definition) is 3. The standard InChI is InChI=1S/C14H19N5S/c1-8-3-5-10(6-4-8)13(9(2)15)20-14-18-11(16)7-12(17)19-14/h3-7,9,13H,15H2,1-2H3,(H4,16,17,18,19). The Hall–Kier alpha value is -1.79. The second kappa shape index (κ2) is 6.11. The van der Waals surface area contributed by atoms with E-state index >= 15 is 0 Å². The fraction of sp³-hybridized carbons (Fsp3) is 0.286. The highest BCUT2D eigenvalue weighted by molar-refractivity contribution is 7.99. The molecule has 6 heteroatoms. The number of nitrogens with zero attached hydrogens (tertiary/aromatic N) is 2. The van der Waals surface area contributed by atoms with Crippen molar-refractivity contribution in [3.63, 3.8) is 0 Å². The van der Waals surface area contributed by atoms with Crippen LogP contribution in [0.4, 0.5) is 11.6 Å². The van der Waals surface area contributed by atoms with Crippen molar-refractivity contribution in [3.05, 3.63) is 41.5 Å². The Morgan fingerprint density at radius 2 is 1.60 bits per heavy atom. The smallest absolute Gasteiger partial charge is 0.192 e. The molecule has 2 aromatic rings. The van der Waals surface area contributed by atoms with E-state index in [4.69, 9.17) is 17.2 Å². The van der Waals surface area contributed by atoms with Gasteiger partial charge in [-0.2, -0.15) is 0 Å². The first-order chi connectivity index (χ1) is 9.45. The third-order valence-corrected chi connectivity index (χ3v) is 4.21. The summed E-state index contributed by atoms with van der Waals surface area (Å²) in [6, 6.07) is 9.78. The molecule has 2 unspecified atom stereocenters. The molecule has 0 amide bonds. The van der Waals surface area contributed by atoms with Crippen molar-refractivity contribution in [1.82, 2.24) is 9.97 Å². The molecule has 106 valence electrons. The fourth-order valence-electron chi connectivity index (χ4n) is 1.86. The first kappa shape index (κ1) is 14.6. The molecule has 2 rings (SSSR count). The Kier molecular flexibility index (Phi) is 4.46. The largest absolute Gasteiger partial charge is 0.383 e. The fourth-order valence-corrected chi connectivity index (χ4v) is 2.91. The number of nitrogens with two attached hydrogens (primary N) is 3. The molecule has 0 radical (unpaired) electrons. The number of nitrogen functional groups attached to an aromatic ring is 2. The quantitative estimate of drug-likeness (QED) is 0.588. The van der Waals surface area contributed by atoms with Gasteiger partial charge in [-0.15, -0.1) is 0 Å². The van der Waals surface area contributed by atoms with Crippen molar-refractivity contribution >= 4 is 23.4 Å². The van der Waals surface area contributed by atoms with Gasteiger partial charge in [0.05, 0.1) is 5.25 Å². The predicted molar refractivity (Wildman–Crippen MR) is 84.3 cm³/mol. The Morgan fingerprint density at radius 3 is 2.10 bits per heavy atom. The summed E-state index contributed by atoms with van der Waals surface area (Å²) in [5.41, 5.74) is 19.8. The van der Waals surface area contributed by atoms with Crippen LogP contribution in [0.1, 0.15) is 23.3 Å². The van der Waals surface area contributed by atoms with Gasteiger partial charge in [-0.1, -0.05) is 41.6 Å². The summed E-state index contributed by atoms with van der Waals surface area (Å²) >= 11 is 1.48. The topological polar surface area (TPSA) is 104 Å². The number of benzene rings is 1. The minimum atomic E-state index is -0.0473. The Labute approximate surface area is 123 Å². The number of aromatic nitrogens is 2. The van der Waals surface area contributed by atoms with Crippen LogP contribution >= 0.6 is 11.8 Å². The summed E-state index contributed by atoms with van der Waals surface area (Å²) in [6.07, 6.45) is 0.